The Bertz CT molecular complexity index is 731. The maximum Gasteiger partial charge on any atom is 0.163 e. The summed E-state index contributed by atoms with van der Waals surface area (Å²) in [4.78, 5) is 14.1. The van der Waals surface area contributed by atoms with Gasteiger partial charge < -0.3 is 4.74 Å². The third-order valence-electron chi connectivity index (χ3n) is 4.76. The second-order valence-corrected chi connectivity index (χ2v) is 6.57. The normalized spacial score (nSPS) is 17.6. The molecule has 1 heterocycles. The van der Waals surface area contributed by atoms with Crippen LogP contribution >= 0.6 is 0 Å². The summed E-state index contributed by atoms with van der Waals surface area (Å²) in [6, 6.07) is 14.6. The SMILES string of the molecule is CC(=O)c1ccccc1OCCN1CCCC1Cc1cccc(F)c1. The van der Waals surface area contributed by atoms with E-state index < -0.39 is 0 Å². The van der Waals surface area contributed by atoms with Gasteiger partial charge in [-0.2, -0.15) is 0 Å². The number of Topliss-reactive ketones (excluding diaryl/α,β-unsaturated/α-hetero) is 1. The number of benzene rings is 2. The number of likely N-dealkylation sites (tertiary alicyclic amines) is 1. The summed E-state index contributed by atoms with van der Waals surface area (Å²) in [6.45, 7) is 3.95. The van der Waals surface area contributed by atoms with Crippen LogP contribution in [0.4, 0.5) is 4.39 Å². The van der Waals surface area contributed by atoms with Gasteiger partial charge in [0.1, 0.15) is 18.2 Å². The lowest BCUT2D eigenvalue weighted by molar-refractivity contribution is 0.101. The summed E-state index contributed by atoms with van der Waals surface area (Å²) in [5, 5.41) is 0. The largest absolute Gasteiger partial charge is 0.491 e. The van der Waals surface area contributed by atoms with Gasteiger partial charge in [0.05, 0.1) is 5.56 Å². The standard InChI is InChI=1S/C21H24FNO2/c1-16(24)20-9-2-3-10-21(20)25-13-12-23-11-5-8-19(23)15-17-6-4-7-18(22)14-17/h2-4,6-7,9-10,14,19H,5,8,11-13,15H2,1H3. The summed E-state index contributed by atoms with van der Waals surface area (Å²) in [5.74, 6) is 0.489. The fourth-order valence-corrected chi connectivity index (χ4v) is 3.51. The molecule has 1 unspecified atom stereocenters. The van der Waals surface area contributed by atoms with Crippen LogP contribution < -0.4 is 4.74 Å². The number of hydrogen-bond donors (Lipinski definition) is 0. The summed E-state index contributed by atoms with van der Waals surface area (Å²) in [6.07, 6.45) is 3.15. The first-order valence-electron chi connectivity index (χ1n) is 8.85. The number of nitrogens with zero attached hydrogens (tertiary/aromatic N) is 1. The van der Waals surface area contributed by atoms with Crippen molar-refractivity contribution in [1.82, 2.24) is 4.90 Å². The minimum absolute atomic E-state index is 0.0146. The highest BCUT2D eigenvalue weighted by molar-refractivity contribution is 5.96. The molecule has 1 fully saturated rings. The van der Waals surface area contributed by atoms with E-state index in [1.165, 1.54) is 6.07 Å². The van der Waals surface area contributed by atoms with Crippen molar-refractivity contribution in [3.8, 4) is 5.75 Å². The Labute approximate surface area is 148 Å². The predicted octanol–water partition coefficient (Wildman–Crippen LogP) is 4.11. The Morgan fingerprint density at radius 3 is 2.88 bits per heavy atom. The number of hydrogen-bond acceptors (Lipinski definition) is 3. The molecule has 0 radical (unpaired) electrons. The highest BCUT2D eigenvalue weighted by Gasteiger charge is 2.24. The minimum Gasteiger partial charge on any atom is -0.491 e. The number of ketones is 1. The van der Waals surface area contributed by atoms with Crippen LogP contribution in [0, 0.1) is 5.82 Å². The Hall–Kier alpha value is -2.20. The lowest BCUT2D eigenvalue weighted by atomic mass is 10.0. The number of rotatable bonds is 7. The average Bonchev–Trinajstić information content (AvgIpc) is 3.02. The number of carbonyl (C=O) groups is 1. The Kier molecular flexibility index (Phi) is 5.82. The Morgan fingerprint density at radius 2 is 2.08 bits per heavy atom. The van der Waals surface area contributed by atoms with Gasteiger partial charge >= 0.3 is 0 Å². The van der Waals surface area contributed by atoms with Crippen LogP contribution in [0.1, 0.15) is 35.7 Å². The van der Waals surface area contributed by atoms with E-state index >= 15 is 0 Å². The molecule has 0 aromatic heterocycles. The molecule has 0 saturated carbocycles. The van der Waals surface area contributed by atoms with Crippen molar-refractivity contribution in [2.75, 3.05) is 19.7 Å². The lowest BCUT2D eigenvalue weighted by Crippen LogP contribution is -2.34. The number of halogens is 1. The molecule has 0 amide bonds. The molecule has 4 heteroatoms. The van der Waals surface area contributed by atoms with E-state index in [9.17, 15) is 9.18 Å². The molecular formula is C21H24FNO2. The quantitative estimate of drug-likeness (QED) is 0.710. The fourth-order valence-electron chi connectivity index (χ4n) is 3.51. The maximum absolute atomic E-state index is 13.4. The predicted molar refractivity (Wildman–Crippen MR) is 96.6 cm³/mol. The van der Waals surface area contributed by atoms with Crippen LogP contribution in [0.25, 0.3) is 0 Å². The molecule has 2 aromatic rings. The van der Waals surface area contributed by atoms with Crippen LogP contribution in [0.15, 0.2) is 48.5 Å². The number of para-hydroxylation sites is 1. The molecule has 1 aliphatic heterocycles. The summed E-state index contributed by atoms with van der Waals surface area (Å²) < 4.78 is 19.2. The van der Waals surface area contributed by atoms with E-state index in [-0.39, 0.29) is 11.6 Å². The first-order chi connectivity index (χ1) is 12.1. The van der Waals surface area contributed by atoms with E-state index in [0.717, 1.165) is 37.9 Å². The van der Waals surface area contributed by atoms with Crippen molar-refractivity contribution < 1.29 is 13.9 Å². The Balaban J connectivity index is 1.55. The van der Waals surface area contributed by atoms with Crippen molar-refractivity contribution in [1.29, 1.82) is 0 Å². The van der Waals surface area contributed by atoms with Crippen LogP contribution in [0.5, 0.6) is 5.75 Å². The molecule has 0 bridgehead atoms. The van der Waals surface area contributed by atoms with Crippen LogP contribution in [-0.4, -0.2) is 36.4 Å². The lowest BCUT2D eigenvalue weighted by Gasteiger charge is -2.24. The zero-order valence-electron chi connectivity index (χ0n) is 14.6. The second kappa shape index (κ2) is 8.26. The molecule has 0 N–H and O–H groups in total. The monoisotopic (exact) mass is 341 g/mol. The smallest absolute Gasteiger partial charge is 0.163 e. The molecule has 3 rings (SSSR count). The third-order valence-corrected chi connectivity index (χ3v) is 4.76. The number of ether oxygens (including phenoxy) is 1. The molecule has 132 valence electrons. The average molecular weight is 341 g/mol. The van der Waals surface area contributed by atoms with Crippen LogP contribution in [0.2, 0.25) is 0 Å². The molecule has 0 aliphatic carbocycles. The molecule has 1 saturated heterocycles. The van der Waals surface area contributed by atoms with Gasteiger partial charge in [0.25, 0.3) is 0 Å². The van der Waals surface area contributed by atoms with Gasteiger partial charge in [0.2, 0.25) is 0 Å². The van der Waals surface area contributed by atoms with E-state index in [1.54, 1.807) is 25.1 Å². The van der Waals surface area contributed by atoms with Gasteiger partial charge in [-0.3, -0.25) is 9.69 Å². The van der Waals surface area contributed by atoms with Crippen molar-refractivity contribution in [2.45, 2.75) is 32.2 Å². The molecule has 3 nitrogen and oxygen atoms in total. The van der Waals surface area contributed by atoms with E-state index in [4.69, 9.17) is 4.74 Å². The van der Waals surface area contributed by atoms with Crippen molar-refractivity contribution in [3.63, 3.8) is 0 Å². The van der Waals surface area contributed by atoms with Gasteiger partial charge in [-0.15, -0.1) is 0 Å². The molecule has 25 heavy (non-hydrogen) atoms. The number of carbonyl (C=O) groups excluding carboxylic acids is 1. The van der Waals surface area contributed by atoms with Crippen molar-refractivity contribution >= 4 is 5.78 Å². The van der Waals surface area contributed by atoms with Crippen molar-refractivity contribution in [2.24, 2.45) is 0 Å². The second-order valence-electron chi connectivity index (χ2n) is 6.57. The van der Waals surface area contributed by atoms with Crippen LogP contribution in [-0.2, 0) is 6.42 Å². The fraction of sp³-hybridized carbons (Fsp3) is 0.381. The van der Waals surface area contributed by atoms with E-state index in [0.29, 0.717) is 24.0 Å². The molecule has 2 aromatic carbocycles. The van der Waals surface area contributed by atoms with Crippen LogP contribution in [0.3, 0.4) is 0 Å². The van der Waals surface area contributed by atoms with E-state index in [2.05, 4.69) is 4.90 Å². The third kappa shape index (κ3) is 4.67. The Morgan fingerprint density at radius 1 is 1.24 bits per heavy atom. The summed E-state index contributed by atoms with van der Waals surface area (Å²) >= 11 is 0. The van der Waals surface area contributed by atoms with Gasteiger partial charge in [0.15, 0.2) is 5.78 Å². The summed E-state index contributed by atoms with van der Waals surface area (Å²) in [5.41, 5.74) is 1.67. The van der Waals surface area contributed by atoms with Gasteiger partial charge in [-0.25, -0.2) is 4.39 Å². The molecule has 0 spiro atoms. The zero-order chi connectivity index (χ0) is 17.6. The first-order valence-corrected chi connectivity index (χ1v) is 8.85. The minimum atomic E-state index is -0.175. The molecular weight excluding hydrogens is 317 g/mol. The maximum atomic E-state index is 13.4. The molecule has 1 aliphatic rings. The highest BCUT2D eigenvalue weighted by atomic mass is 19.1. The summed E-state index contributed by atoms with van der Waals surface area (Å²) in [7, 11) is 0. The van der Waals surface area contributed by atoms with Crippen molar-refractivity contribution in [3.05, 3.63) is 65.5 Å². The van der Waals surface area contributed by atoms with Gasteiger partial charge in [-0.1, -0.05) is 24.3 Å². The highest BCUT2D eigenvalue weighted by Crippen LogP contribution is 2.22. The topological polar surface area (TPSA) is 29.5 Å². The molecule has 1 atom stereocenters. The zero-order valence-corrected chi connectivity index (χ0v) is 14.6. The first kappa shape index (κ1) is 17.6. The van der Waals surface area contributed by atoms with Gasteiger partial charge in [-0.05, 0) is 62.6 Å². The van der Waals surface area contributed by atoms with Gasteiger partial charge in [0, 0.05) is 12.6 Å². The van der Waals surface area contributed by atoms with E-state index in [1.807, 2.05) is 24.3 Å².